The number of rotatable bonds is 6. The summed E-state index contributed by atoms with van der Waals surface area (Å²) in [5.41, 5.74) is 0.345. The van der Waals surface area contributed by atoms with E-state index in [-0.39, 0.29) is 0 Å². The van der Waals surface area contributed by atoms with Gasteiger partial charge in [-0.15, -0.1) is 0 Å². The first kappa shape index (κ1) is 12.0. The topological polar surface area (TPSA) is 46.2 Å². The van der Waals surface area contributed by atoms with E-state index in [9.17, 15) is 8.42 Å². The molecule has 4 heteroatoms. The molecule has 1 aliphatic rings. The molecule has 0 aliphatic heterocycles. The van der Waals surface area contributed by atoms with E-state index in [1.165, 1.54) is 25.5 Å². The van der Waals surface area contributed by atoms with E-state index in [1.807, 2.05) is 0 Å². The van der Waals surface area contributed by atoms with Crippen LogP contribution in [-0.2, 0) is 9.84 Å². The first-order valence-electron chi connectivity index (χ1n) is 5.40. The van der Waals surface area contributed by atoms with Crippen molar-refractivity contribution in [3.63, 3.8) is 0 Å². The van der Waals surface area contributed by atoms with Crippen molar-refractivity contribution in [1.82, 2.24) is 5.32 Å². The first-order valence-corrected chi connectivity index (χ1v) is 7.46. The lowest BCUT2D eigenvalue weighted by Gasteiger charge is -2.42. The average Bonchev–Trinajstić information content (AvgIpc) is 2.00. The third-order valence-electron chi connectivity index (χ3n) is 3.18. The van der Waals surface area contributed by atoms with Gasteiger partial charge >= 0.3 is 0 Å². The van der Waals surface area contributed by atoms with E-state index in [0.717, 1.165) is 19.4 Å². The molecule has 0 spiro atoms. The van der Waals surface area contributed by atoms with E-state index in [1.54, 1.807) is 0 Å². The molecule has 1 saturated carbocycles. The average molecular weight is 219 g/mol. The fourth-order valence-electron chi connectivity index (χ4n) is 1.95. The van der Waals surface area contributed by atoms with Crippen LogP contribution in [0.4, 0.5) is 0 Å². The molecule has 0 bridgehead atoms. The molecule has 0 radical (unpaired) electrons. The maximum atomic E-state index is 10.9. The smallest absolute Gasteiger partial charge is 0.147 e. The number of nitrogens with one attached hydrogen (secondary N) is 1. The minimum Gasteiger partial charge on any atom is -0.311 e. The Balaban J connectivity index is 2.15. The van der Waals surface area contributed by atoms with Gasteiger partial charge in [0.1, 0.15) is 9.84 Å². The Morgan fingerprint density at radius 3 is 2.36 bits per heavy atom. The zero-order valence-electron chi connectivity index (χ0n) is 9.17. The van der Waals surface area contributed by atoms with Crippen LogP contribution in [-0.4, -0.2) is 32.5 Å². The van der Waals surface area contributed by atoms with Gasteiger partial charge in [-0.05, 0) is 38.6 Å². The van der Waals surface area contributed by atoms with Crippen LogP contribution in [0.15, 0.2) is 0 Å². The monoisotopic (exact) mass is 219 g/mol. The Kier molecular flexibility index (Phi) is 3.95. The van der Waals surface area contributed by atoms with Crippen LogP contribution >= 0.6 is 0 Å². The van der Waals surface area contributed by atoms with Gasteiger partial charge in [0.25, 0.3) is 0 Å². The molecule has 1 N–H and O–H groups in total. The summed E-state index contributed by atoms with van der Waals surface area (Å²) in [6, 6.07) is 0. The summed E-state index contributed by atoms with van der Waals surface area (Å²) in [7, 11) is -2.78. The maximum Gasteiger partial charge on any atom is 0.147 e. The Morgan fingerprint density at radius 1 is 1.36 bits per heavy atom. The molecular weight excluding hydrogens is 198 g/mol. The van der Waals surface area contributed by atoms with Gasteiger partial charge in [-0.3, -0.25) is 0 Å². The minimum atomic E-state index is -2.78. The standard InChI is InChI=1S/C10H21NO2S/c1-3-10(6-4-7-10)11-8-5-9-14(2,12)13/h11H,3-9H2,1-2H3. The predicted molar refractivity (Wildman–Crippen MR) is 59.2 cm³/mol. The summed E-state index contributed by atoms with van der Waals surface area (Å²) < 4.78 is 21.8. The second kappa shape index (κ2) is 4.62. The molecule has 0 saturated heterocycles. The van der Waals surface area contributed by atoms with Gasteiger partial charge < -0.3 is 5.32 Å². The lowest BCUT2D eigenvalue weighted by molar-refractivity contribution is 0.178. The molecule has 0 unspecified atom stereocenters. The van der Waals surface area contributed by atoms with Gasteiger partial charge in [0.15, 0.2) is 0 Å². The summed E-state index contributed by atoms with van der Waals surface area (Å²) in [6.45, 7) is 3.03. The minimum absolute atomic E-state index is 0.305. The van der Waals surface area contributed by atoms with E-state index >= 15 is 0 Å². The van der Waals surface area contributed by atoms with Gasteiger partial charge in [0, 0.05) is 11.8 Å². The fraction of sp³-hybridized carbons (Fsp3) is 1.00. The molecule has 1 rings (SSSR count). The third-order valence-corrected chi connectivity index (χ3v) is 4.21. The molecule has 3 nitrogen and oxygen atoms in total. The van der Waals surface area contributed by atoms with Crippen LogP contribution in [0.2, 0.25) is 0 Å². The number of hydrogen-bond donors (Lipinski definition) is 1. The Labute approximate surface area is 87.2 Å². The van der Waals surface area contributed by atoms with Crippen LogP contribution in [0, 0.1) is 0 Å². The van der Waals surface area contributed by atoms with E-state index < -0.39 is 9.84 Å². The van der Waals surface area contributed by atoms with Crippen molar-refractivity contribution in [2.45, 2.75) is 44.6 Å². The highest BCUT2D eigenvalue weighted by molar-refractivity contribution is 7.90. The fourth-order valence-corrected chi connectivity index (χ4v) is 2.62. The van der Waals surface area contributed by atoms with Gasteiger partial charge in [-0.1, -0.05) is 6.92 Å². The largest absolute Gasteiger partial charge is 0.311 e. The van der Waals surface area contributed by atoms with Crippen molar-refractivity contribution in [1.29, 1.82) is 0 Å². The highest BCUT2D eigenvalue weighted by Gasteiger charge is 2.33. The SMILES string of the molecule is CCC1(NCCCS(C)(=O)=O)CCC1. The van der Waals surface area contributed by atoms with Crippen molar-refractivity contribution >= 4 is 9.84 Å². The van der Waals surface area contributed by atoms with Gasteiger partial charge in [0.2, 0.25) is 0 Å². The second-order valence-corrected chi connectivity index (χ2v) is 6.66. The molecular formula is C10H21NO2S. The third kappa shape index (κ3) is 3.58. The van der Waals surface area contributed by atoms with Crippen LogP contribution in [0.25, 0.3) is 0 Å². The van der Waals surface area contributed by atoms with Crippen LogP contribution in [0.5, 0.6) is 0 Å². The molecule has 1 aliphatic carbocycles. The molecule has 84 valence electrons. The molecule has 0 amide bonds. The van der Waals surface area contributed by atoms with E-state index in [0.29, 0.717) is 11.3 Å². The lowest BCUT2D eigenvalue weighted by Crippen LogP contribution is -2.50. The number of hydrogen-bond acceptors (Lipinski definition) is 3. The molecule has 0 atom stereocenters. The molecule has 0 heterocycles. The zero-order valence-corrected chi connectivity index (χ0v) is 9.99. The predicted octanol–water partition coefficient (Wildman–Crippen LogP) is 1.34. The van der Waals surface area contributed by atoms with E-state index in [4.69, 9.17) is 0 Å². The summed E-state index contributed by atoms with van der Waals surface area (Å²) in [5, 5.41) is 3.49. The van der Waals surface area contributed by atoms with Crippen molar-refractivity contribution in [3.05, 3.63) is 0 Å². The van der Waals surface area contributed by atoms with Crippen molar-refractivity contribution in [2.75, 3.05) is 18.6 Å². The Hall–Kier alpha value is -0.0900. The van der Waals surface area contributed by atoms with Crippen molar-refractivity contribution < 1.29 is 8.42 Å². The molecule has 0 aromatic heterocycles. The normalized spacial score (nSPS) is 20.4. The van der Waals surface area contributed by atoms with Crippen molar-refractivity contribution in [2.24, 2.45) is 0 Å². The number of sulfone groups is 1. The van der Waals surface area contributed by atoms with E-state index in [2.05, 4.69) is 12.2 Å². The molecule has 14 heavy (non-hydrogen) atoms. The molecule has 1 fully saturated rings. The highest BCUT2D eigenvalue weighted by Crippen LogP contribution is 2.34. The quantitative estimate of drug-likeness (QED) is 0.686. The zero-order chi connectivity index (χ0) is 10.7. The maximum absolute atomic E-state index is 10.9. The highest BCUT2D eigenvalue weighted by atomic mass is 32.2. The second-order valence-electron chi connectivity index (χ2n) is 4.40. The van der Waals surface area contributed by atoms with Crippen molar-refractivity contribution in [3.8, 4) is 0 Å². The van der Waals surface area contributed by atoms with Gasteiger partial charge in [0.05, 0.1) is 5.75 Å². The van der Waals surface area contributed by atoms with Gasteiger partial charge in [-0.25, -0.2) is 8.42 Å². The summed E-state index contributed by atoms with van der Waals surface area (Å²) in [6.07, 6.45) is 7.01. The molecule has 0 aromatic rings. The van der Waals surface area contributed by atoms with Gasteiger partial charge in [-0.2, -0.15) is 0 Å². The molecule has 0 aromatic carbocycles. The van der Waals surface area contributed by atoms with Crippen LogP contribution < -0.4 is 5.32 Å². The van der Waals surface area contributed by atoms with Crippen LogP contribution in [0.1, 0.15) is 39.0 Å². The summed E-state index contributed by atoms with van der Waals surface area (Å²) in [4.78, 5) is 0. The first-order chi connectivity index (χ1) is 6.47. The lowest BCUT2D eigenvalue weighted by atomic mass is 9.75. The Bertz CT molecular complexity index is 262. The summed E-state index contributed by atoms with van der Waals surface area (Å²) in [5.74, 6) is 0.305. The Morgan fingerprint density at radius 2 is 2.00 bits per heavy atom. The van der Waals surface area contributed by atoms with Crippen LogP contribution in [0.3, 0.4) is 0 Å². The summed E-state index contributed by atoms with van der Waals surface area (Å²) >= 11 is 0.